The Labute approximate surface area is 108 Å². The molecular weight excluding hydrogens is 230 g/mol. The number of anilines is 1. The van der Waals surface area contributed by atoms with E-state index < -0.39 is 0 Å². The molecule has 1 saturated heterocycles. The number of rotatable bonds is 2. The van der Waals surface area contributed by atoms with Crippen molar-refractivity contribution in [2.45, 2.75) is 38.6 Å². The molecule has 1 fully saturated rings. The fourth-order valence-corrected chi connectivity index (χ4v) is 3.37. The van der Waals surface area contributed by atoms with E-state index >= 15 is 0 Å². The molecule has 2 atom stereocenters. The minimum Gasteiger partial charge on any atom is -0.352 e. The maximum Gasteiger partial charge on any atom is 0.131 e. The van der Waals surface area contributed by atoms with E-state index in [0.29, 0.717) is 17.8 Å². The van der Waals surface area contributed by atoms with E-state index in [0.717, 1.165) is 17.9 Å². The van der Waals surface area contributed by atoms with Crippen molar-refractivity contribution < 1.29 is 0 Å². The number of aromatic nitrogens is 1. The summed E-state index contributed by atoms with van der Waals surface area (Å²) in [5.74, 6) is 2.31. The van der Waals surface area contributed by atoms with Crippen LogP contribution in [0.15, 0.2) is 12.3 Å². The first-order valence-corrected chi connectivity index (χ1v) is 7.22. The first-order valence-electron chi connectivity index (χ1n) is 6.17. The zero-order chi connectivity index (χ0) is 12.4. The van der Waals surface area contributed by atoms with Gasteiger partial charge in [-0.05, 0) is 31.0 Å². The zero-order valence-electron chi connectivity index (χ0n) is 10.8. The average Bonchev–Trinajstić information content (AvgIpc) is 2.33. The van der Waals surface area contributed by atoms with Gasteiger partial charge < -0.3 is 10.6 Å². The van der Waals surface area contributed by atoms with E-state index in [1.165, 1.54) is 11.3 Å². The van der Waals surface area contributed by atoms with Gasteiger partial charge in [-0.2, -0.15) is 11.8 Å². The van der Waals surface area contributed by atoms with E-state index in [4.69, 9.17) is 5.73 Å². The third kappa shape index (κ3) is 2.58. The van der Waals surface area contributed by atoms with Crippen LogP contribution in [0.4, 0.5) is 5.82 Å². The largest absolute Gasteiger partial charge is 0.352 e. The molecule has 0 aliphatic carbocycles. The van der Waals surface area contributed by atoms with Gasteiger partial charge in [0, 0.05) is 36.3 Å². The number of nitrogens with zero attached hydrogens (tertiary/aromatic N) is 2. The number of hydrogen-bond acceptors (Lipinski definition) is 4. The summed E-state index contributed by atoms with van der Waals surface area (Å²) in [4.78, 5) is 7.02. The molecule has 0 spiro atoms. The highest BCUT2D eigenvalue weighted by atomic mass is 32.2. The van der Waals surface area contributed by atoms with E-state index in [-0.39, 0.29) is 0 Å². The lowest BCUT2D eigenvalue weighted by Gasteiger charge is -2.39. The quantitative estimate of drug-likeness (QED) is 0.875. The SMILES string of the molecule is Cc1cc(CN)cnc1N1CCSC(C)C1C. The van der Waals surface area contributed by atoms with Gasteiger partial charge in [0.15, 0.2) is 0 Å². The molecule has 17 heavy (non-hydrogen) atoms. The minimum absolute atomic E-state index is 0.545. The Morgan fingerprint density at radius 3 is 2.94 bits per heavy atom. The van der Waals surface area contributed by atoms with Gasteiger partial charge in [-0.25, -0.2) is 4.98 Å². The van der Waals surface area contributed by atoms with Crippen molar-refractivity contribution in [2.24, 2.45) is 5.73 Å². The number of thioether (sulfide) groups is 1. The number of nitrogens with two attached hydrogens (primary N) is 1. The van der Waals surface area contributed by atoms with Gasteiger partial charge in [-0.1, -0.05) is 6.92 Å². The lowest BCUT2D eigenvalue weighted by Crippen LogP contribution is -2.45. The molecule has 0 radical (unpaired) electrons. The van der Waals surface area contributed by atoms with Crippen LogP contribution < -0.4 is 10.6 Å². The molecule has 0 bridgehead atoms. The summed E-state index contributed by atoms with van der Waals surface area (Å²) in [6, 6.07) is 2.70. The fraction of sp³-hybridized carbons (Fsp3) is 0.615. The topological polar surface area (TPSA) is 42.1 Å². The fourth-order valence-electron chi connectivity index (χ4n) is 2.27. The van der Waals surface area contributed by atoms with Crippen molar-refractivity contribution in [3.63, 3.8) is 0 Å². The number of hydrogen-bond donors (Lipinski definition) is 1. The third-order valence-corrected chi connectivity index (χ3v) is 4.84. The highest BCUT2D eigenvalue weighted by Crippen LogP contribution is 2.29. The lowest BCUT2D eigenvalue weighted by atomic mass is 10.1. The smallest absolute Gasteiger partial charge is 0.131 e. The molecule has 1 aliphatic rings. The molecule has 1 aromatic rings. The van der Waals surface area contributed by atoms with Crippen molar-refractivity contribution in [3.8, 4) is 0 Å². The van der Waals surface area contributed by atoms with Crippen LogP contribution >= 0.6 is 11.8 Å². The van der Waals surface area contributed by atoms with Crippen molar-refractivity contribution in [2.75, 3.05) is 17.2 Å². The summed E-state index contributed by atoms with van der Waals surface area (Å²) in [6.45, 7) is 8.36. The normalized spacial score (nSPS) is 25.1. The Bertz CT molecular complexity index is 394. The van der Waals surface area contributed by atoms with Gasteiger partial charge in [0.2, 0.25) is 0 Å². The first-order chi connectivity index (χ1) is 8.13. The molecule has 0 aromatic carbocycles. The van der Waals surface area contributed by atoms with Crippen molar-refractivity contribution >= 4 is 17.6 Å². The molecule has 1 aliphatic heterocycles. The molecule has 0 saturated carbocycles. The summed E-state index contributed by atoms with van der Waals surface area (Å²) >= 11 is 2.05. The highest BCUT2D eigenvalue weighted by molar-refractivity contribution is 8.00. The Morgan fingerprint density at radius 2 is 2.29 bits per heavy atom. The summed E-state index contributed by atoms with van der Waals surface area (Å²) in [5.41, 5.74) is 7.98. The first kappa shape index (κ1) is 12.7. The average molecular weight is 251 g/mol. The predicted molar refractivity (Wildman–Crippen MR) is 75.6 cm³/mol. The third-order valence-electron chi connectivity index (χ3n) is 3.50. The zero-order valence-corrected chi connectivity index (χ0v) is 11.6. The van der Waals surface area contributed by atoms with Crippen LogP contribution in [0.5, 0.6) is 0 Å². The maximum atomic E-state index is 5.64. The minimum atomic E-state index is 0.545. The van der Waals surface area contributed by atoms with Crippen LogP contribution in [-0.2, 0) is 6.54 Å². The Morgan fingerprint density at radius 1 is 1.53 bits per heavy atom. The molecule has 2 rings (SSSR count). The molecule has 0 amide bonds. The summed E-state index contributed by atoms with van der Waals surface area (Å²) in [6.07, 6.45) is 1.90. The maximum absolute atomic E-state index is 5.64. The predicted octanol–water partition coefficient (Wildman–Crippen LogP) is 2.18. The van der Waals surface area contributed by atoms with Crippen LogP contribution in [0.3, 0.4) is 0 Å². The van der Waals surface area contributed by atoms with Crippen molar-refractivity contribution in [3.05, 3.63) is 23.4 Å². The van der Waals surface area contributed by atoms with Gasteiger partial charge in [0.25, 0.3) is 0 Å². The second-order valence-corrected chi connectivity index (χ2v) is 6.18. The highest BCUT2D eigenvalue weighted by Gasteiger charge is 2.26. The van der Waals surface area contributed by atoms with Gasteiger partial charge in [0.1, 0.15) is 5.82 Å². The molecule has 94 valence electrons. The van der Waals surface area contributed by atoms with Crippen molar-refractivity contribution in [1.29, 1.82) is 0 Å². The van der Waals surface area contributed by atoms with Crippen LogP contribution in [0.2, 0.25) is 0 Å². The summed E-state index contributed by atoms with van der Waals surface area (Å²) in [7, 11) is 0. The van der Waals surface area contributed by atoms with Crippen LogP contribution in [0, 0.1) is 6.92 Å². The molecule has 3 nitrogen and oxygen atoms in total. The van der Waals surface area contributed by atoms with Gasteiger partial charge >= 0.3 is 0 Å². The van der Waals surface area contributed by atoms with Crippen LogP contribution in [0.25, 0.3) is 0 Å². The van der Waals surface area contributed by atoms with Gasteiger partial charge in [0.05, 0.1) is 0 Å². The molecule has 2 unspecified atom stereocenters. The molecule has 4 heteroatoms. The van der Waals surface area contributed by atoms with E-state index in [9.17, 15) is 0 Å². The number of pyridine rings is 1. The number of aryl methyl sites for hydroxylation is 1. The molecule has 2 heterocycles. The van der Waals surface area contributed by atoms with Crippen LogP contribution in [0.1, 0.15) is 25.0 Å². The van der Waals surface area contributed by atoms with Gasteiger partial charge in [-0.3, -0.25) is 0 Å². The Hall–Kier alpha value is -0.740. The molecular formula is C13H21N3S. The van der Waals surface area contributed by atoms with Crippen molar-refractivity contribution in [1.82, 2.24) is 4.98 Å². The monoisotopic (exact) mass is 251 g/mol. The summed E-state index contributed by atoms with van der Waals surface area (Å²) in [5, 5.41) is 0.666. The second kappa shape index (κ2) is 5.27. The van der Waals surface area contributed by atoms with E-state index in [2.05, 4.69) is 36.7 Å². The van der Waals surface area contributed by atoms with E-state index in [1.807, 2.05) is 18.0 Å². The summed E-state index contributed by atoms with van der Waals surface area (Å²) < 4.78 is 0. The van der Waals surface area contributed by atoms with Crippen LogP contribution in [-0.4, -0.2) is 28.6 Å². The standard InChI is InChI=1S/C13H21N3S/c1-9-6-12(7-14)8-15-13(9)16-4-5-17-11(3)10(16)2/h6,8,10-11H,4-5,7,14H2,1-3H3. The second-order valence-electron chi connectivity index (χ2n) is 4.70. The Kier molecular flexibility index (Phi) is 3.94. The molecule has 2 N–H and O–H groups in total. The lowest BCUT2D eigenvalue weighted by molar-refractivity contribution is 0.618. The van der Waals surface area contributed by atoms with Gasteiger partial charge in [-0.15, -0.1) is 0 Å². The molecule has 1 aromatic heterocycles. The Balaban J connectivity index is 2.27. The van der Waals surface area contributed by atoms with E-state index in [1.54, 1.807) is 0 Å².